The Balaban J connectivity index is 1.08. The Hall–Kier alpha value is -4.50. The summed E-state index contributed by atoms with van der Waals surface area (Å²) in [4.78, 5) is 34.4. The van der Waals surface area contributed by atoms with Crippen molar-refractivity contribution in [2.75, 3.05) is 49.2 Å². The number of anilines is 2. The van der Waals surface area contributed by atoms with Gasteiger partial charge in [-0.25, -0.2) is 9.97 Å². The number of hydrogen-bond donors (Lipinski definition) is 2. The van der Waals surface area contributed by atoms with Crippen molar-refractivity contribution in [3.63, 3.8) is 0 Å². The minimum absolute atomic E-state index is 0.140. The lowest BCUT2D eigenvalue weighted by Crippen LogP contribution is -2.36. The lowest BCUT2D eigenvalue weighted by Gasteiger charge is -2.27. The molecule has 2 fully saturated rings. The second-order valence-electron chi connectivity index (χ2n) is 10.6. The van der Waals surface area contributed by atoms with Crippen LogP contribution in [0.3, 0.4) is 0 Å². The van der Waals surface area contributed by atoms with Crippen molar-refractivity contribution in [3.05, 3.63) is 91.2 Å². The van der Waals surface area contributed by atoms with Crippen LogP contribution in [0.15, 0.2) is 79.9 Å². The molecular formula is C32H35N7O2. The number of ether oxygens (including phenoxy) is 1. The van der Waals surface area contributed by atoms with Crippen LogP contribution >= 0.6 is 0 Å². The molecule has 0 saturated carbocycles. The van der Waals surface area contributed by atoms with E-state index in [9.17, 15) is 4.79 Å². The number of aromatic nitrogens is 4. The van der Waals surface area contributed by atoms with Crippen LogP contribution in [0.2, 0.25) is 0 Å². The van der Waals surface area contributed by atoms with Gasteiger partial charge in [0.1, 0.15) is 23.6 Å². The number of hydrogen-bond acceptors (Lipinski definition) is 8. The van der Waals surface area contributed by atoms with Crippen LogP contribution in [0.5, 0.6) is 0 Å². The summed E-state index contributed by atoms with van der Waals surface area (Å²) in [6, 6.07) is 14.6. The molecule has 2 N–H and O–H groups in total. The van der Waals surface area contributed by atoms with Gasteiger partial charge in [-0.2, -0.15) is 0 Å². The van der Waals surface area contributed by atoms with Gasteiger partial charge in [0.15, 0.2) is 0 Å². The van der Waals surface area contributed by atoms with E-state index in [4.69, 9.17) is 4.74 Å². The fraction of sp³-hybridized carbons (Fsp3) is 0.312. The maximum absolute atomic E-state index is 13.0. The first kappa shape index (κ1) is 26.7. The molecule has 6 rings (SSSR count). The number of carbonyl (C=O) groups is 1. The first-order valence-corrected chi connectivity index (χ1v) is 14.1. The quantitative estimate of drug-likeness (QED) is 0.286. The van der Waals surface area contributed by atoms with Crippen molar-refractivity contribution < 1.29 is 9.53 Å². The van der Waals surface area contributed by atoms with Gasteiger partial charge in [-0.3, -0.25) is 9.78 Å². The molecule has 1 unspecified atom stereocenters. The minimum atomic E-state index is 0.140. The molecule has 1 aromatic carbocycles. The number of benzene rings is 1. The van der Waals surface area contributed by atoms with Gasteiger partial charge >= 0.3 is 0 Å². The first-order valence-electron chi connectivity index (χ1n) is 14.1. The Morgan fingerprint density at radius 1 is 1.05 bits per heavy atom. The van der Waals surface area contributed by atoms with Crippen LogP contribution in [0.1, 0.15) is 17.7 Å². The fourth-order valence-electron chi connectivity index (χ4n) is 5.60. The number of nitrogens with one attached hydrogen (secondary N) is 2. The second kappa shape index (κ2) is 11.9. The number of H-pyrrole nitrogens is 1. The predicted octanol–water partition coefficient (Wildman–Crippen LogP) is 4.08. The maximum atomic E-state index is 13.0. The molecule has 0 aliphatic carbocycles. The van der Waals surface area contributed by atoms with Crippen molar-refractivity contribution in [1.29, 1.82) is 0 Å². The van der Waals surface area contributed by atoms with Gasteiger partial charge in [0, 0.05) is 74.0 Å². The number of rotatable bonds is 10. The van der Waals surface area contributed by atoms with Gasteiger partial charge in [-0.05, 0) is 41.8 Å². The summed E-state index contributed by atoms with van der Waals surface area (Å²) in [5, 5.41) is 4.40. The molecular weight excluding hydrogens is 514 g/mol. The van der Waals surface area contributed by atoms with E-state index in [-0.39, 0.29) is 5.78 Å². The van der Waals surface area contributed by atoms with Gasteiger partial charge in [-0.15, -0.1) is 0 Å². The Morgan fingerprint density at radius 2 is 1.88 bits per heavy atom. The molecule has 0 bridgehead atoms. The summed E-state index contributed by atoms with van der Waals surface area (Å²) < 4.78 is 5.49. The Kier molecular flexibility index (Phi) is 7.78. The lowest BCUT2D eigenvalue weighted by atomic mass is 10.0. The van der Waals surface area contributed by atoms with Crippen molar-refractivity contribution >= 4 is 28.3 Å². The van der Waals surface area contributed by atoms with E-state index in [1.165, 1.54) is 0 Å². The van der Waals surface area contributed by atoms with Crippen molar-refractivity contribution in [1.82, 2.24) is 25.3 Å². The maximum Gasteiger partial charge on any atom is 0.143 e. The van der Waals surface area contributed by atoms with Crippen molar-refractivity contribution in [2.45, 2.75) is 25.3 Å². The Morgan fingerprint density at radius 3 is 2.68 bits per heavy atom. The molecule has 2 aliphatic rings. The van der Waals surface area contributed by atoms with Crippen LogP contribution in [0, 0.1) is 0 Å². The number of morpholine rings is 1. The molecule has 1 atom stereocenters. The van der Waals surface area contributed by atoms with E-state index in [1.54, 1.807) is 18.6 Å². The molecule has 4 aromatic rings. The highest BCUT2D eigenvalue weighted by atomic mass is 16.5. The largest absolute Gasteiger partial charge is 0.381 e. The van der Waals surface area contributed by atoms with E-state index in [0.717, 1.165) is 83.4 Å². The Labute approximate surface area is 240 Å². The number of ketones is 1. The van der Waals surface area contributed by atoms with Gasteiger partial charge in [0.05, 0.1) is 18.6 Å². The first-order chi connectivity index (χ1) is 20.1. The fourth-order valence-corrected chi connectivity index (χ4v) is 5.60. The highest BCUT2D eigenvalue weighted by molar-refractivity contribution is 5.92. The monoisotopic (exact) mass is 549 g/mol. The van der Waals surface area contributed by atoms with Crippen LogP contribution in [-0.2, 0) is 22.4 Å². The van der Waals surface area contributed by atoms with Crippen LogP contribution < -0.4 is 15.1 Å². The number of nitrogens with zero attached hydrogens (tertiary/aromatic N) is 5. The molecule has 2 saturated heterocycles. The number of fused-ring (bicyclic) bond motifs is 1. The van der Waals surface area contributed by atoms with E-state index >= 15 is 0 Å². The van der Waals surface area contributed by atoms with Crippen molar-refractivity contribution in [2.24, 2.45) is 0 Å². The van der Waals surface area contributed by atoms with Gasteiger partial charge < -0.3 is 24.8 Å². The molecule has 9 nitrogen and oxygen atoms in total. The number of pyridine rings is 1. The van der Waals surface area contributed by atoms with E-state index in [1.807, 2.05) is 36.4 Å². The number of allylic oxidation sites excluding steroid dienone is 1. The average molecular weight is 550 g/mol. The average Bonchev–Trinajstić information content (AvgIpc) is 3.65. The topological polar surface area (TPSA) is 99.3 Å². The minimum Gasteiger partial charge on any atom is -0.381 e. The summed E-state index contributed by atoms with van der Waals surface area (Å²) in [5.74, 6) is 1.07. The molecule has 0 spiro atoms. The van der Waals surface area contributed by atoms with Crippen LogP contribution in [-0.4, -0.2) is 71.2 Å². The summed E-state index contributed by atoms with van der Waals surface area (Å²) in [7, 11) is 0. The predicted molar refractivity (Wildman–Crippen MR) is 162 cm³/mol. The second-order valence-corrected chi connectivity index (χ2v) is 10.6. The highest BCUT2D eigenvalue weighted by Crippen LogP contribution is 2.29. The zero-order valence-corrected chi connectivity index (χ0v) is 23.2. The third-order valence-corrected chi connectivity index (χ3v) is 7.75. The third kappa shape index (κ3) is 6.15. The summed E-state index contributed by atoms with van der Waals surface area (Å²) in [6.45, 7) is 12.6. The zero-order valence-electron chi connectivity index (χ0n) is 23.2. The SMILES string of the molecule is C=CC(=C)NC1CCN(c2ccnc(CC(=O)Cc3ccc(-c4cc5c(N6CCOCC6)ncnc5[nH]4)cc3)c2)C1. The normalized spacial score (nSPS) is 17.1. The molecule has 5 heterocycles. The van der Waals surface area contributed by atoms with Crippen molar-refractivity contribution in [3.8, 4) is 11.3 Å². The molecule has 3 aromatic heterocycles. The van der Waals surface area contributed by atoms with Gasteiger partial charge in [0.2, 0.25) is 0 Å². The number of aromatic amines is 1. The van der Waals surface area contributed by atoms with Crippen LogP contribution in [0.4, 0.5) is 11.5 Å². The molecule has 9 heteroatoms. The van der Waals surface area contributed by atoms with E-state index in [2.05, 4.69) is 54.3 Å². The van der Waals surface area contributed by atoms with Gasteiger partial charge in [-0.1, -0.05) is 37.4 Å². The molecule has 2 aliphatic heterocycles. The zero-order chi connectivity index (χ0) is 28.2. The summed E-state index contributed by atoms with van der Waals surface area (Å²) in [6.07, 6.45) is 6.85. The number of carbonyl (C=O) groups excluding carboxylic acids is 1. The van der Waals surface area contributed by atoms with E-state index in [0.29, 0.717) is 32.1 Å². The van der Waals surface area contributed by atoms with E-state index < -0.39 is 0 Å². The smallest absolute Gasteiger partial charge is 0.143 e. The summed E-state index contributed by atoms with van der Waals surface area (Å²) in [5.41, 5.74) is 6.55. The molecule has 0 radical (unpaired) electrons. The lowest BCUT2D eigenvalue weighted by molar-refractivity contribution is -0.117. The molecule has 0 amide bonds. The molecule has 210 valence electrons. The van der Waals surface area contributed by atoms with Gasteiger partial charge in [0.25, 0.3) is 0 Å². The molecule has 41 heavy (non-hydrogen) atoms. The third-order valence-electron chi connectivity index (χ3n) is 7.75. The number of Topliss-reactive ketones (excluding diaryl/α,β-unsaturated/α-hetero) is 1. The standard InChI is InChI=1S/C32H35N7O2/c1-3-22(2)36-25-9-11-39(20-25)27-8-10-33-26(17-27)18-28(40)16-23-4-6-24(7-5-23)30-19-29-31(37-30)34-21-35-32(29)38-12-14-41-15-13-38/h3-8,10,17,19,21,25,36H,1-2,9,11-16,18,20H2,(H,34,35,37). The van der Waals surface area contributed by atoms with Crippen LogP contribution in [0.25, 0.3) is 22.3 Å². The summed E-state index contributed by atoms with van der Waals surface area (Å²) >= 11 is 0. The Bertz CT molecular complexity index is 1560. The highest BCUT2D eigenvalue weighted by Gasteiger charge is 2.23.